The summed E-state index contributed by atoms with van der Waals surface area (Å²) >= 11 is 0. The molecule has 0 aliphatic heterocycles. The minimum Gasteiger partial charge on any atom is -0.497 e. The van der Waals surface area contributed by atoms with E-state index in [2.05, 4.69) is 5.32 Å². The van der Waals surface area contributed by atoms with Crippen LogP contribution in [0.5, 0.6) is 11.5 Å². The number of nitrogens with one attached hydrogen (secondary N) is 1. The number of aryl methyl sites for hydroxylation is 1. The van der Waals surface area contributed by atoms with Gasteiger partial charge in [-0.2, -0.15) is 0 Å². The first kappa shape index (κ1) is 19.8. The van der Waals surface area contributed by atoms with E-state index in [0.717, 1.165) is 22.0 Å². The summed E-state index contributed by atoms with van der Waals surface area (Å²) in [6, 6.07) is 12.7. The maximum Gasteiger partial charge on any atom is 0.336 e. The zero-order chi connectivity index (χ0) is 21.3. The van der Waals surface area contributed by atoms with Crippen LogP contribution in [0, 0.1) is 6.92 Å². The molecule has 0 aliphatic rings. The molecule has 0 aliphatic carbocycles. The van der Waals surface area contributed by atoms with Crippen LogP contribution in [0.2, 0.25) is 0 Å². The number of benzene rings is 2. The molecule has 7 heteroatoms. The van der Waals surface area contributed by atoms with Crippen LogP contribution in [0.15, 0.2) is 56.1 Å². The lowest BCUT2D eigenvalue weighted by Gasteiger charge is -2.16. The highest BCUT2D eigenvalue weighted by molar-refractivity contribution is 5.85. The normalized spacial score (nSPS) is 12.3. The topological polar surface area (TPSA) is 83.1 Å². The predicted molar refractivity (Wildman–Crippen MR) is 114 cm³/mol. The third-order valence-electron chi connectivity index (χ3n) is 4.86. The zero-order valence-corrected chi connectivity index (χ0v) is 17.3. The number of rotatable bonds is 7. The van der Waals surface area contributed by atoms with Gasteiger partial charge in [0, 0.05) is 34.7 Å². The van der Waals surface area contributed by atoms with Crippen molar-refractivity contribution < 1.29 is 23.0 Å². The Hall–Kier alpha value is -3.45. The molecule has 0 bridgehead atoms. The standard InChI is InChI=1S/C23H23NO6/c1-13-7-22(25)30-20-10-16(5-6-19(13)20)24-14(2)28-12-18-9-15-8-17(26-3)11-21(27-4)23(15)29-18/h5-11,14,24H,12H2,1-4H3. The van der Waals surface area contributed by atoms with E-state index in [-0.39, 0.29) is 18.5 Å². The average Bonchev–Trinajstić information content (AvgIpc) is 3.14. The molecule has 0 amide bonds. The third-order valence-corrected chi connectivity index (χ3v) is 4.86. The quantitative estimate of drug-likeness (QED) is 0.345. The van der Waals surface area contributed by atoms with E-state index in [1.165, 1.54) is 6.07 Å². The Morgan fingerprint density at radius 2 is 1.87 bits per heavy atom. The first-order valence-electron chi connectivity index (χ1n) is 9.54. The Morgan fingerprint density at radius 3 is 2.63 bits per heavy atom. The molecule has 0 saturated heterocycles. The molecule has 4 aromatic rings. The Bertz CT molecular complexity index is 1260. The van der Waals surface area contributed by atoms with Crippen molar-refractivity contribution in [1.29, 1.82) is 0 Å². The summed E-state index contributed by atoms with van der Waals surface area (Å²) in [5.74, 6) is 1.97. The highest BCUT2D eigenvalue weighted by atomic mass is 16.5. The number of hydrogen-bond donors (Lipinski definition) is 1. The summed E-state index contributed by atoms with van der Waals surface area (Å²) in [5, 5.41) is 5.03. The van der Waals surface area contributed by atoms with Crippen molar-refractivity contribution in [2.24, 2.45) is 0 Å². The van der Waals surface area contributed by atoms with E-state index in [9.17, 15) is 4.79 Å². The van der Waals surface area contributed by atoms with Crippen LogP contribution >= 0.6 is 0 Å². The summed E-state index contributed by atoms with van der Waals surface area (Å²) in [6.45, 7) is 4.05. The Kier molecular flexibility index (Phi) is 5.37. The van der Waals surface area contributed by atoms with E-state index < -0.39 is 0 Å². The van der Waals surface area contributed by atoms with Crippen LogP contribution in [0.25, 0.3) is 21.9 Å². The molecular formula is C23H23NO6. The summed E-state index contributed by atoms with van der Waals surface area (Å²) in [5.41, 5.74) is 2.50. The predicted octanol–water partition coefficient (Wildman–Crippen LogP) is 4.84. The second-order valence-corrected chi connectivity index (χ2v) is 7.02. The zero-order valence-electron chi connectivity index (χ0n) is 17.3. The molecule has 2 heterocycles. The molecule has 1 N–H and O–H groups in total. The lowest BCUT2D eigenvalue weighted by atomic mass is 10.1. The monoisotopic (exact) mass is 409 g/mol. The molecule has 2 aromatic carbocycles. The smallest absolute Gasteiger partial charge is 0.336 e. The van der Waals surface area contributed by atoms with Gasteiger partial charge >= 0.3 is 5.63 Å². The first-order chi connectivity index (χ1) is 14.5. The molecule has 2 aromatic heterocycles. The van der Waals surface area contributed by atoms with Crippen LogP contribution < -0.4 is 20.4 Å². The number of ether oxygens (including phenoxy) is 3. The fourth-order valence-electron chi connectivity index (χ4n) is 3.39. The van der Waals surface area contributed by atoms with Crippen LogP contribution in [-0.4, -0.2) is 20.4 Å². The van der Waals surface area contributed by atoms with Crippen molar-refractivity contribution in [2.45, 2.75) is 26.7 Å². The number of fused-ring (bicyclic) bond motifs is 2. The Labute approximate surface area is 173 Å². The average molecular weight is 409 g/mol. The molecule has 1 atom stereocenters. The minimum atomic E-state index is -0.363. The molecule has 0 fully saturated rings. The van der Waals surface area contributed by atoms with Crippen molar-refractivity contribution in [3.05, 3.63) is 64.2 Å². The van der Waals surface area contributed by atoms with E-state index in [0.29, 0.717) is 28.4 Å². The molecule has 156 valence electrons. The third kappa shape index (κ3) is 3.97. The molecule has 30 heavy (non-hydrogen) atoms. The molecule has 0 spiro atoms. The second kappa shape index (κ2) is 8.12. The van der Waals surface area contributed by atoms with Crippen LogP contribution in [0.1, 0.15) is 18.2 Å². The molecule has 0 saturated carbocycles. The maximum atomic E-state index is 11.6. The van der Waals surface area contributed by atoms with Gasteiger partial charge < -0.3 is 28.4 Å². The molecular weight excluding hydrogens is 386 g/mol. The van der Waals surface area contributed by atoms with E-state index in [4.69, 9.17) is 23.0 Å². The lowest BCUT2D eigenvalue weighted by Crippen LogP contribution is -2.18. The summed E-state index contributed by atoms with van der Waals surface area (Å²) in [7, 11) is 3.20. The van der Waals surface area contributed by atoms with Gasteiger partial charge in [0.1, 0.15) is 29.9 Å². The summed E-state index contributed by atoms with van der Waals surface area (Å²) in [6.07, 6.45) is -0.302. The number of furan rings is 1. The minimum absolute atomic E-state index is 0.274. The van der Waals surface area contributed by atoms with E-state index >= 15 is 0 Å². The van der Waals surface area contributed by atoms with Crippen LogP contribution in [0.4, 0.5) is 5.69 Å². The largest absolute Gasteiger partial charge is 0.497 e. The van der Waals surface area contributed by atoms with Crippen molar-refractivity contribution in [3.8, 4) is 11.5 Å². The molecule has 0 radical (unpaired) electrons. The second-order valence-electron chi connectivity index (χ2n) is 7.02. The van der Waals surface area contributed by atoms with Gasteiger partial charge in [-0.25, -0.2) is 4.79 Å². The van der Waals surface area contributed by atoms with Gasteiger partial charge in [-0.15, -0.1) is 0 Å². The fraction of sp³-hybridized carbons (Fsp3) is 0.261. The summed E-state index contributed by atoms with van der Waals surface area (Å²) < 4.78 is 27.7. The molecule has 4 rings (SSSR count). The van der Waals surface area contributed by atoms with Crippen LogP contribution in [0.3, 0.4) is 0 Å². The number of methoxy groups -OCH3 is 2. The van der Waals surface area contributed by atoms with E-state index in [1.807, 2.05) is 38.1 Å². The summed E-state index contributed by atoms with van der Waals surface area (Å²) in [4.78, 5) is 11.6. The van der Waals surface area contributed by atoms with Gasteiger partial charge in [0.15, 0.2) is 11.3 Å². The van der Waals surface area contributed by atoms with Crippen molar-refractivity contribution in [3.63, 3.8) is 0 Å². The SMILES string of the molecule is COc1cc(OC)c2oc(COC(C)Nc3ccc4c(C)cc(=O)oc4c3)cc2c1. The van der Waals surface area contributed by atoms with Crippen molar-refractivity contribution in [2.75, 3.05) is 19.5 Å². The van der Waals surface area contributed by atoms with Gasteiger partial charge in [-0.1, -0.05) is 0 Å². The first-order valence-corrected chi connectivity index (χ1v) is 9.54. The van der Waals surface area contributed by atoms with Gasteiger partial charge in [-0.05, 0) is 43.7 Å². The van der Waals surface area contributed by atoms with Crippen LogP contribution in [-0.2, 0) is 11.3 Å². The number of anilines is 1. The van der Waals surface area contributed by atoms with E-state index in [1.54, 1.807) is 26.4 Å². The highest BCUT2D eigenvalue weighted by Crippen LogP contribution is 2.33. The van der Waals surface area contributed by atoms with Crippen molar-refractivity contribution in [1.82, 2.24) is 0 Å². The number of hydrogen-bond acceptors (Lipinski definition) is 7. The van der Waals surface area contributed by atoms with Crippen molar-refractivity contribution >= 4 is 27.6 Å². The highest BCUT2D eigenvalue weighted by Gasteiger charge is 2.13. The molecule has 1 unspecified atom stereocenters. The van der Waals surface area contributed by atoms with Gasteiger partial charge in [0.05, 0.1) is 14.2 Å². The molecule has 7 nitrogen and oxygen atoms in total. The van der Waals surface area contributed by atoms with Gasteiger partial charge in [0.2, 0.25) is 0 Å². The fourth-order valence-corrected chi connectivity index (χ4v) is 3.39. The maximum absolute atomic E-state index is 11.6. The lowest BCUT2D eigenvalue weighted by molar-refractivity contribution is 0.0609. The Balaban J connectivity index is 1.46. The van der Waals surface area contributed by atoms with Gasteiger partial charge in [-0.3, -0.25) is 0 Å². The Morgan fingerprint density at radius 1 is 1.03 bits per heavy atom. The van der Waals surface area contributed by atoms with Gasteiger partial charge in [0.25, 0.3) is 0 Å².